The molecule has 1 amide bonds. The van der Waals surface area contributed by atoms with Gasteiger partial charge in [0, 0.05) is 30.3 Å². The van der Waals surface area contributed by atoms with E-state index in [-0.39, 0.29) is 17.2 Å². The highest BCUT2D eigenvalue weighted by atomic mass is 16.5. The first-order valence-corrected chi connectivity index (χ1v) is 13.0. The summed E-state index contributed by atoms with van der Waals surface area (Å²) in [5, 5.41) is 12.0. The van der Waals surface area contributed by atoms with E-state index in [0.29, 0.717) is 18.5 Å². The minimum Gasteiger partial charge on any atom is -0.496 e. The molecule has 6 rings (SSSR count). The van der Waals surface area contributed by atoms with Crippen molar-refractivity contribution in [3.05, 3.63) is 65.9 Å². The molecule has 0 radical (unpaired) electrons. The fourth-order valence-corrected chi connectivity index (χ4v) is 5.66. The van der Waals surface area contributed by atoms with Crippen molar-refractivity contribution in [2.45, 2.75) is 58.2 Å². The third-order valence-electron chi connectivity index (χ3n) is 7.84. The Balaban J connectivity index is 1.18. The molecule has 4 atom stereocenters. The van der Waals surface area contributed by atoms with Crippen LogP contribution in [0.3, 0.4) is 0 Å². The molecule has 4 heterocycles. The Labute approximate surface area is 213 Å². The van der Waals surface area contributed by atoms with E-state index < -0.39 is 0 Å². The average molecular weight is 488 g/mol. The number of piperidine rings is 3. The van der Waals surface area contributed by atoms with E-state index in [1.54, 1.807) is 7.11 Å². The lowest BCUT2D eigenvalue weighted by Gasteiger charge is -2.49. The quantitative estimate of drug-likeness (QED) is 0.539. The second-order valence-electron chi connectivity index (χ2n) is 11.2. The first-order chi connectivity index (χ1) is 17.3. The minimum absolute atomic E-state index is 0.0392. The minimum atomic E-state index is 0.0392. The van der Waals surface area contributed by atoms with Crippen LogP contribution >= 0.6 is 0 Å². The summed E-state index contributed by atoms with van der Waals surface area (Å²) in [6.07, 6.45) is 4.14. The predicted molar refractivity (Wildman–Crippen MR) is 141 cm³/mol. The lowest BCUT2D eigenvalue weighted by Crippen LogP contribution is -2.58. The van der Waals surface area contributed by atoms with Crippen molar-refractivity contribution < 1.29 is 9.53 Å². The van der Waals surface area contributed by atoms with Gasteiger partial charge in [0.2, 0.25) is 5.91 Å². The number of hydrogen-bond donors (Lipinski definition) is 1. The van der Waals surface area contributed by atoms with Gasteiger partial charge in [-0.2, -0.15) is 0 Å². The molecule has 0 saturated carbocycles. The molecule has 190 valence electrons. The maximum absolute atomic E-state index is 13.1. The summed E-state index contributed by atoms with van der Waals surface area (Å²) in [7, 11) is 1.66. The summed E-state index contributed by atoms with van der Waals surface area (Å²) in [5.74, 6) is 1.41. The first-order valence-electron chi connectivity index (χ1n) is 13.0. The van der Waals surface area contributed by atoms with Crippen LogP contribution in [0.4, 0.5) is 0 Å². The molecule has 7 heteroatoms. The molecule has 3 aliphatic rings. The number of methoxy groups -OCH3 is 1. The molecular formula is C29H37N5O2. The molecule has 1 unspecified atom stereocenters. The van der Waals surface area contributed by atoms with E-state index in [1.165, 1.54) is 5.56 Å². The Bertz CT molecular complexity index is 1200. The van der Waals surface area contributed by atoms with Gasteiger partial charge >= 0.3 is 0 Å². The molecule has 2 bridgehead atoms. The third kappa shape index (κ3) is 5.16. The van der Waals surface area contributed by atoms with Gasteiger partial charge in [-0.25, -0.2) is 0 Å². The van der Waals surface area contributed by atoms with Gasteiger partial charge in [0.25, 0.3) is 0 Å². The fourth-order valence-electron chi connectivity index (χ4n) is 5.66. The van der Waals surface area contributed by atoms with Crippen LogP contribution in [0.2, 0.25) is 0 Å². The summed E-state index contributed by atoms with van der Waals surface area (Å²) in [5.41, 5.74) is 4.44. The van der Waals surface area contributed by atoms with Crippen molar-refractivity contribution in [1.82, 2.24) is 25.2 Å². The van der Waals surface area contributed by atoms with Gasteiger partial charge in [0.05, 0.1) is 25.8 Å². The van der Waals surface area contributed by atoms with Crippen molar-refractivity contribution in [3.8, 4) is 17.0 Å². The van der Waals surface area contributed by atoms with Crippen LogP contribution in [0.15, 0.2) is 54.7 Å². The predicted octanol–water partition coefficient (Wildman–Crippen LogP) is 4.28. The lowest BCUT2D eigenvalue weighted by molar-refractivity contribution is -0.133. The zero-order valence-electron chi connectivity index (χ0n) is 21.8. The number of aromatic nitrogens is 3. The molecule has 0 spiro atoms. The number of nitrogens with zero attached hydrogens (tertiary/aromatic N) is 4. The van der Waals surface area contributed by atoms with E-state index in [0.717, 1.165) is 55.0 Å². The van der Waals surface area contributed by atoms with Gasteiger partial charge in [0.15, 0.2) is 0 Å². The number of carbonyl (C=O) groups excluding carboxylic acids is 1. The number of carbonyl (C=O) groups is 1. The molecule has 3 fully saturated rings. The third-order valence-corrected chi connectivity index (χ3v) is 7.84. The highest BCUT2D eigenvalue weighted by Gasteiger charge is 2.43. The number of fused-ring (bicyclic) bond motifs is 3. The molecule has 1 N–H and O–H groups in total. The summed E-state index contributed by atoms with van der Waals surface area (Å²) < 4.78 is 7.39. The first kappa shape index (κ1) is 24.5. The van der Waals surface area contributed by atoms with Crippen LogP contribution in [0.25, 0.3) is 11.3 Å². The van der Waals surface area contributed by atoms with Gasteiger partial charge in [-0.15, -0.1) is 5.10 Å². The smallest absolute Gasteiger partial charge is 0.224 e. The second-order valence-corrected chi connectivity index (χ2v) is 11.2. The van der Waals surface area contributed by atoms with Crippen molar-refractivity contribution >= 4 is 5.91 Å². The van der Waals surface area contributed by atoms with Crippen LogP contribution in [0, 0.1) is 11.8 Å². The number of amides is 1. The van der Waals surface area contributed by atoms with Gasteiger partial charge in [-0.05, 0) is 42.3 Å². The molecule has 36 heavy (non-hydrogen) atoms. The Kier molecular flexibility index (Phi) is 6.84. The molecule has 2 aromatic carbocycles. The molecule has 0 aliphatic carbocycles. The highest BCUT2D eigenvalue weighted by Crippen LogP contribution is 2.37. The van der Waals surface area contributed by atoms with Crippen LogP contribution in [0.1, 0.15) is 44.7 Å². The van der Waals surface area contributed by atoms with Crippen molar-refractivity contribution in [2.75, 3.05) is 20.2 Å². The molecule has 3 aliphatic heterocycles. The Morgan fingerprint density at radius 3 is 2.61 bits per heavy atom. The Hall–Kier alpha value is -3.19. The molecule has 1 aromatic heterocycles. The SMILES string of the molecule is COc1ccccc1CNC(=O)[C@H]1CN2CC[C@H]1C[C@@H]2Cn1cc(-c2ccc(C(C)(C)C)cc2)nn1. The summed E-state index contributed by atoms with van der Waals surface area (Å²) in [4.78, 5) is 15.5. The molecule has 7 nitrogen and oxygen atoms in total. The zero-order chi connectivity index (χ0) is 25.3. The Morgan fingerprint density at radius 2 is 1.92 bits per heavy atom. The van der Waals surface area contributed by atoms with Crippen LogP contribution in [-0.2, 0) is 23.3 Å². The number of rotatable bonds is 7. The summed E-state index contributed by atoms with van der Waals surface area (Å²) in [6.45, 7) is 9.82. The average Bonchev–Trinajstić information content (AvgIpc) is 3.36. The van der Waals surface area contributed by atoms with Crippen molar-refractivity contribution in [1.29, 1.82) is 0 Å². The van der Waals surface area contributed by atoms with Gasteiger partial charge < -0.3 is 10.1 Å². The van der Waals surface area contributed by atoms with E-state index >= 15 is 0 Å². The van der Waals surface area contributed by atoms with E-state index in [4.69, 9.17) is 4.74 Å². The monoisotopic (exact) mass is 487 g/mol. The van der Waals surface area contributed by atoms with Gasteiger partial charge in [-0.1, -0.05) is 68.4 Å². The highest BCUT2D eigenvalue weighted by molar-refractivity contribution is 5.79. The molecule has 3 aromatic rings. The van der Waals surface area contributed by atoms with Crippen LogP contribution in [0.5, 0.6) is 5.75 Å². The lowest BCUT2D eigenvalue weighted by atomic mass is 9.75. The topological polar surface area (TPSA) is 72.3 Å². The fraction of sp³-hybridized carbons (Fsp3) is 0.483. The van der Waals surface area contributed by atoms with Crippen LogP contribution < -0.4 is 10.1 Å². The largest absolute Gasteiger partial charge is 0.496 e. The normalized spacial score (nSPS) is 23.4. The zero-order valence-corrected chi connectivity index (χ0v) is 21.8. The van der Waals surface area contributed by atoms with E-state index in [9.17, 15) is 4.79 Å². The van der Waals surface area contributed by atoms with Gasteiger partial charge in [0.1, 0.15) is 11.4 Å². The molecular weight excluding hydrogens is 450 g/mol. The van der Waals surface area contributed by atoms with Crippen molar-refractivity contribution in [3.63, 3.8) is 0 Å². The maximum atomic E-state index is 13.1. The number of para-hydroxylation sites is 1. The Morgan fingerprint density at radius 1 is 1.14 bits per heavy atom. The summed E-state index contributed by atoms with van der Waals surface area (Å²) in [6, 6.07) is 16.9. The van der Waals surface area contributed by atoms with Crippen LogP contribution in [-0.4, -0.2) is 52.0 Å². The number of benzene rings is 2. The maximum Gasteiger partial charge on any atom is 0.224 e. The number of nitrogens with one attached hydrogen (secondary N) is 1. The van der Waals surface area contributed by atoms with Gasteiger partial charge in [-0.3, -0.25) is 14.4 Å². The van der Waals surface area contributed by atoms with Crippen molar-refractivity contribution in [2.24, 2.45) is 11.8 Å². The standard InChI is InChI=1S/C29H37N5O2/c1-29(2,3)23-11-9-20(10-12-23)26-19-34(32-31-26)17-24-15-21-13-14-33(24)18-25(21)28(35)30-16-22-7-5-6-8-27(22)36-4/h5-12,19,21,24-25H,13-18H2,1-4H3,(H,30,35)/t21-,24+,25-/m0/s1. The number of hydrogen-bond acceptors (Lipinski definition) is 5. The second kappa shape index (κ2) is 10.1. The summed E-state index contributed by atoms with van der Waals surface area (Å²) >= 11 is 0. The molecule has 3 saturated heterocycles. The van der Waals surface area contributed by atoms with E-state index in [1.807, 2.05) is 35.1 Å². The number of ether oxygens (including phenoxy) is 1. The van der Waals surface area contributed by atoms with E-state index in [2.05, 4.69) is 65.6 Å².